The van der Waals surface area contributed by atoms with Gasteiger partial charge in [-0.3, -0.25) is 14.5 Å². The molecule has 6 rings (SSSR count). The largest absolute Gasteiger partial charge is 0.507 e. The Morgan fingerprint density at radius 3 is 2.67 bits per heavy atom. The zero-order valence-corrected chi connectivity index (χ0v) is 20.3. The van der Waals surface area contributed by atoms with Gasteiger partial charge in [0.15, 0.2) is 5.13 Å². The van der Waals surface area contributed by atoms with E-state index < -0.39 is 23.5 Å². The van der Waals surface area contributed by atoms with E-state index in [0.29, 0.717) is 27.8 Å². The van der Waals surface area contributed by atoms with Crippen LogP contribution in [-0.4, -0.2) is 27.9 Å². The molecule has 0 spiro atoms. The molecule has 8 heteroatoms. The second-order valence-corrected chi connectivity index (χ2v) is 10.2. The quantitative estimate of drug-likeness (QED) is 0.222. The first-order valence-corrected chi connectivity index (χ1v) is 12.4. The molecule has 0 bridgehead atoms. The maximum atomic E-state index is 13.8. The number of aromatic nitrogens is 1. The fourth-order valence-electron chi connectivity index (χ4n) is 4.81. The van der Waals surface area contributed by atoms with E-state index in [0.717, 1.165) is 28.2 Å². The molecule has 4 aromatic rings. The van der Waals surface area contributed by atoms with Crippen molar-refractivity contribution in [3.63, 3.8) is 0 Å². The van der Waals surface area contributed by atoms with Crippen LogP contribution >= 0.6 is 11.3 Å². The van der Waals surface area contributed by atoms with Gasteiger partial charge >= 0.3 is 5.91 Å². The molecule has 2 aliphatic heterocycles. The predicted octanol–water partition coefficient (Wildman–Crippen LogP) is 5.69. The van der Waals surface area contributed by atoms with Crippen LogP contribution in [0.5, 0.6) is 5.75 Å². The topological polar surface area (TPSA) is 79.7 Å². The second kappa shape index (κ2) is 8.27. The molecule has 1 N–H and O–H groups in total. The molecule has 1 saturated heterocycles. The van der Waals surface area contributed by atoms with Crippen LogP contribution in [0.4, 0.5) is 9.52 Å². The van der Waals surface area contributed by atoms with Gasteiger partial charge in [-0.25, -0.2) is 9.37 Å². The number of hydrogen-bond donors (Lipinski definition) is 1. The van der Waals surface area contributed by atoms with Crippen LogP contribution in [0.1, 0.15) is 35.2 Å². The van der Waals surface area contributed by atoms with Gasteiger partial charge in [0.2, 0.25) is 0 Å². The Hall–Kier alpha value is -4.04. The first kappa shape index (κ1) is 22.4. The highest BCUT2D eigenvalue weighted by molar-refractivity contribution is 7.22. The number of ketones is 1. The molecule has 180 valence electrons. The van der Waals surface area contributed by atoms with Gasteiger partial charge in [0.1, 0.15) is 23.4 Å². The summed E-state index contributed by atoms with van der Waals surface area (Å²) in [6, 6.07) is 16.0. The summed E-state index contributed by atoms with van der Waals surface area (Å²) in [5.41, 5.74) is 3.55. The number of rotatable bonds is 3. The summed E-state index contributed by atoms with van der Waals surface area (Å²) in [6.07, 6.45) is 0.716. The van der Waals surface area contributed by atoms with E-state index in [1.54, 1.807) is 18.2 Å². The molecule has 0 radical (unpaired) electrons. The third-order valence-electron chi connectivity index (χ3n) is 6.55. The van der Waals surface area contributed by atoms with Crippen LogP contribution in [0.3, 0.4) is 0 Å². The number of aryl methyl sites for hydroxylation is 1. The van der Waals surface area contributed by atoms with Gasteiger partial charge in [0, 0.05) is 12.0 Å². The lowest BCUT2D eigenvalue weighted by molar-refractivity contribution is -0.132. The second-order valence-electron chi connectivity index (χ2n) is 9.14. The van der Waals surface area contributed by atoms with Crippen molar-refractivity contribution < 1.29 is 23.8 Å². The highest BCUT2D eigenvalue weighted by Crippen LogP contribution is 2.45. The molecule has 1 aromatic heterocycles. The Labute approximate surface area is 210 Å². The van der Waals surface area contributed by atoms with Crippen LogP contribution in [0.15, 0.2) is 66.2 Å². The number of anilines is 1. The van der Waals surface area contributed by atoms with Crippen molar-refractivity contribution >= 4 is 44.1 Å². The summed E-state index contributed by atoms with van der Waals surface area (Å²) in [7, 11) is 0. The molecule has 2 aliphatic rings. The average Bonchev–Trinajstić information content (AvgIpc) is 3.51. The molecule has 3 heterocycles. The number of benzene rings is 3. The van der Waals surface area contributed by atoms with Crippen molar-refractivity contribution in [1.82, 2.24) is 4.98 Å². The van der Waals surface area contributed by atoms with Crippen molar-refractivity contribution in [2.75, 3.05) is 4.90 Å². The van der Waals surface area contributed by atoms with E-state index >= 15 is 0 Å². The molecule has 0 aliphatic carbocycles. The summed E-state index contributed by atoms with van der Waals surface area (Å²) in [5, 5.41) is 11.7. The summed E-state index contributed by atoms with van der Waals surface area (Å²) >= 11 is 1.12. The van der Waals surface area contributed by atoms with E-state index in [2.05, 4.69) is 4.98 Å². The Kier molecular flexibility index (Phi) is 5.15. The fourth-order valence-corrected chi connectivity index (χ4v) is 5.83. The Balaban J connectivity index is 1.53. The number of carbonyl (C=O) groups excluding carboxylic acids is 2. The number of carbonyl (C=O) groups is 2. The molecule has 0 unspecified atom stereocenters. The van der Waals surface area contributed by atoms with E-state index in [4.69, 9.17) is 4.74 Å². The molecule has 36 heavy (non-hydrogen) atoms. The predicted molar refractivity (Wildman–Crippen MR) is 136 cm³/mol. The zero-order chi connectivity index (χ0) is 25.1. The van der Waals surface area contributed by atoms with Gasteiger partial charge in [-0.2, -0.15) is 0 Å². The maximum Gasteiger partial charge on any atom is 0.301 e. The minimum Gasteiger partial charge on any atom is -0.507 e. The average molecular weight is 501 g/mol. The van der Waals surface area contributed by atoms with Crippen molar-refractivity contribution in [3.8, 4) is 5.75 Å². The number of aliphatic hydroxyl groups is 1. The SMILES string of the molecule is Cc1ccc([C@@H]2/C(=C(\O)c3ccc4c(c3)C[C@@H](C)O4)C(=O)C(=O)N2c2nc3ccc(F)cc3s2)cc1. The molecule has 1 fully saturated rings. The highest BCUT2D eigenvalue weighted by atomic mass is 32.1. The van der Waals surface area contributed by atoms with Crippen LogP contribution in [0, 0.1) is 12.7 Å². The Morgan fingerprint density at radius 2 is 1.89 bits per heavy atom. The molecular weight excluding hydrogens is 479 g/mol. The maximum absolute atomic E-state index is 13.8. The van der Waals surface area contributed by atoms with Gasteiger partial charge in [0.05, 0.1) is 21.8 Å². The number of halogens is 1. The number of aliphatic hydroxyl groups excluding tert-OH is 1. The number of amides is 1. The van der Waals surface area contributed by atoms with E-state index in [-0.39, 0.29) is 22.6 Å². The highest BCUT2D eigenvalue weighted by Gasteiger charge is 2.48. The van der Waals surface area contributed by atoms with Crippen molar-refractivity contribution in [2.24, 2.45) is 0 Å². The summed E-state index contributed by atoms with van der Waals surface area (Å²) in [5.74, 6) is -1.51. The van der Waals surface area contributed by atoms with E-state index in [9.17, 15) is 19.1 Å². The number of Topliss-reactive ketones (excluding diaryl/α,β-unsaturated/α-hetero) is 1. The Bertz CT molecular complexity index is 1590. The van der Waals surface area contributed by atoms with Gasteiger partial charge in [-0.15, -0.1) is 0 Å². The molecule has 1 amide bonds. The van der Waals surface area contributed by atoms with Gasteiger partial charge in [-0.1, -0.05) is 41.2 Å². The molecular formula is C28H21FN2O4S. The van der Waals surface area contributed by atoms with Crippen LogP contribution in [0.2, 0.25) is 0 Å². The minimum absolute atomic E-state index is 0.0128. The minimum atomic E-state index is -0.889. The number of thiazole rings is 1. The fraction of sp³-hybridized carbons (Fsp3) is 0.179. The third kappa shape index (κ3) is 3.56. The summed E-state index contributed by atoms with van der Waals surface area (Å²) < 4.78 is 20.1. The lowest BCUT2D eigenvalue weighted by Gasteiger charge is -2.23. The number of ether oxygens (including phenoxy) is 1. The molecule has 6 nitrogen and oxygen atoms in total. The molecule has 3 aromatic carbocycles. The number of hydrogen-bond acceptors (Lipinski definition) is 6. The smallest absolute Gasteiger partial charge is 0.301 e. The number of fused-ring (bicyclic) bond motifs is 2. The van der Waals surface area contributed by atoms with Gasteiger partial charge < -0.3 is 9.84 Å². The van der Waals surface area contributed by atoms with Crippen molar-refractivity contribution in [3.05, 3.63) is 94.3 Å². The van der Waals surface area contributed by atoms with Crippen LogP contribution in [0.25, 0.3) is 16.0 Å². The normalized spacial score (nSPS) is 20.7. The molecule has 0 saturated carbocycles. The zero-order valence-electron chi connectivity index (χ0n) is 19.5. The first-order valence-electron chi connectivity index (χ1n) is 11.5. The molecule has 2 atom stereocenters. The first-order chi connectivity index (χ1) is 17.3. The number of nitrogens with zero attached hydrogens (tertiary/aromatic N) is 2. The van der Waals surface area contributed by atoms with Crippen molar-refractivity contribution in [1.29, 1.82) is 0 Å². The summed E-state index contributed by atoms with van der Waals surface area (Å²) in [4.78, 5) is 32.6. The van der Waals surface area contributed by atoms with Crippen LogP contribution < -0.4 is 9.64 Å². The standard InChI is InChI=1S/C28H21FN2O4S/c1-14-3-5-16(6-4-14)24-23(25(32)17-7-10-21-18(12-17)11-15(2)35-21)26(33)27(34)31(24)28-30-20-9-8-19(29)13-22(20)36-28/h3-10,12-13,15,24,32H,11H2,1-2H3/b25-23+/t15-,24-/m1/s1. The van der Waals surface area contributed by atoms with E-state index in [1.807, 2.05) is 38.1 Å². The van der Waals surface area contributed by atoms with E-state index in [1.165, 1.54) is 23.1 Å². The van der Waals surface area contributed by atoms with Gasteiger partial charge in [0.25, 0.3) is 5.78 Å². The lowest BCUT2D eigenvalue weighted by atomic mass is 9.94. The third-order valence-corrected chi connectivity index (χ3v) is 7.57. The van der Waals surface area contributed by atoms with Gasteiger partial charge in [-0.05, 0) is 61.4 Å². The Morgan fingerprint density at radius 1 is 1.11 bits per heavy atom. The summed E-state index contributed by atoms with van der Waals surface area (Å²) in [6.45, 7) is 3.91. The monoisotopic (exact) mass is 500 g/mol. The van der Waals surface area contributed by atoms with Crippen LogP contribution in [-0.2, 0) is 16.0 Å². The van der Waals surface area contributed by atoms with Crippen molar-refractivity contribution in [2.45, 2.75) is 32.4 Å². The lowest BCUT2D eigenvalue weighted by Crippen LogP contribution is -2.29.